The molecular weight excluding hydrogens is 573 g/mol. The van der Waals surface area contributed by atoms with Crippen LogP contribution >= 0.6 is 0 Å². The Labute approximate surface area is 239 Å². The van der Waals surface area contributed by atoms with Crippen LogP contribution in [-0.4, -0.2) is 64.2 Å². The molecule has 0 radical (unpaired) electrons. The van der Waals surface area contributed by atoms with Gasteiger partial charge in [-0.1, -0.05) is 12.1 Å². The second-order valence-electron chi connectivity index (χ2n) is 9.29. The van der Waals surface area contributed by atoms with Crippen LogP contribution in [0.25, 0.3) is 22.0 Å². The van der Waals surface area contributed by atoms with Gasteiger partial charge in [-0.3, -0.25) is 4.72 Å². The third kappa shape index (κ3) is 5.50. The van der Waals surface area contributed by atoms with Gasteiger partial charge in [-0.2, -0.15) is 0 Å². The van der Waals surface area contributed by atoms with Gasteiger partial charge in [0.15, 0.2) is 5.82 Å². The number of morpholine rings is 1. The van der Waals surface area contributed by atoms with Crippen molar-refractivity contribution in [2.75, 3.05) is 43.0 Å². The van der Waals surface area contributed by atoms with E-state index in [2.05, 4.69) is 9.97 Å². The molecule has 3 aromatic carbocycles. The Balaban J connectivity index is 1.65. The Morgan fingerprint density at radius 3 is 2.45 bits per heavy atom. The monoisotopic (exact) mass is 598 g/mol. The van der Waals surface area contributed by atoms with Crippen molar-refractivity contribution in [1.29, 1.82) is 10.8 Å². The Morgan fingerprint density at radius 1 is 1.05 bits per heavy atom. The van der Waals surface area contributed by atoms with Crippen LogP contribution in [0.5, 0.6) is 5.75 Å². The molecule has 0 unspecified atom stereocenters. The molecule has 1 aromatic heterocycles. The van der Waals surface area contributed by atoms with Gasteiger partial charge in [0, 0.05) is 42.5 Å². The lowest BCUT2D eigenvalue weighted by atomic mass is 10.0. The van der Waals surface area contributed by atoms with E-state index < -0.39 is 44.0 Å². The summed E-state index contributed by atoms with van der Waals surface area (Å²) < 4.78 is 82.3. The fraction of sp³-hybridized carbons (Fsp3) is 0.214. The number of fused-ring (bicyclic) bond motifs is 1. The van der Waals surface area contributed by atoms with Crippen molar-refractivity contribution in [3.63, 3.8) is 0 Å². The Morgan fingerprint density at radius 2 is 1.79 bits per heavy atom. The van der Waals surface area contributed by atoms with Gasteiger partial charge < -0.3 is 25.2 Å². The SMILES string of the molecule is COc1cc(-c2cccc(NS(=O)(=O)c3ccc(F)cc3F)c2F)cc2c(N3CCOCC3)nc(C(C=N)C=N)nc12. The number of nitrogens with zero attached hydrogens (tertiary/aromatic N) is 3. The van der Waals surface area contributed by atoms with Crippen LogP contribution < -0.4 is 14.4 Å². The highest BCUT2D eigenvalue weighted by molar-refractivity contribution is 7.92. The van der Waals surface area contributed by atoms with Crippen LogP contribution in [0.2, 0.25) is 0 Å². The summed E-state index contributed by atoms with van der Waals surface area (Å²) in [5, 5.41) is 15.9. The van der Waals surface area contributed by atoms with E-state index in [-0.39, 0.29) is 17.1 Å². The van der Waals surface area contributed by atoms with E-state index in [1.54, 1.807) is 6.07 Å². The maximum absolute atomic E-state index is 15.9. The van der Waals surface area contributed by atoms with E-state index in [4.69, 9.17) is 20.3 Å². The van der Waals surface area contributed by atoms with Gasteiger partial charge in [0.2, 0.25) is 0 Å². The second kappa shape index (κ2) is 11.7. The number of hydrogen-bond acceptors (Lipinski definition) is 9. The summed E-state index contributed by atoms with van der Waals surface area (Å²) in [6.07, 6.45) is 2.11. The summed E-state index contributed by atoms with van der Waals surface area (Å²) in [5.41, 5.74) is 0.247. The fourth-order valence-corrected chi connectivity index (χ4v) is 5.72. The number of halogens is 3. The van der Waals surface area contributed by atoms with Gasteiger partial charge >= 0.3 is 0 Å². The zero-order valence-corrected chi connectivity index (χ0v) is 23.0. The van der Waals surface area contributed by atoms with Crippen LogP contribution in [0.1, 0.15) is 11.7 Å². The fourth-order valence-electron chi connectivity index (χ4n) is 4.60. The Bertz CT molecular complexity index is 1790. The Kier molecular flexibility index (Phi) is 8.09. The topological polar surface area (TPSA) is 141 Å². The number of sulfonamides is 1. The minimum absolute atomic E-state index is 0.00356. The summed E-state index contributed by atoms with van der Waals surface area (Å²) in [6.45, 7) is 1.90. The highest BCUT2D eigenvalue weighted by Gasteiger charge is 2.25. The molecule has 0 bridgehead atoms. The minimum Gasteiger partial charge on any atom is -0.494 e. The average Bonchev–Trinajstić information content (AvgIpc) is 2.98. The number of benzene rings is 3. The van der Waals surface area contributed by atoms with Gasteiger partial charge in [0.1, 0.15) is 39.4 Å². The summed E-state index contributed by atoms with van der Waals surface area (Å²) >= 11 is 0. The molecule has 1 aliphatic rings. The number of nitrogens with one attached hydrogen (secondary N) is 3. The molecule has 4 aromatic rings. The van der Waals surface area contributed by atoms with E-state index >= 15 is 4.39 Å². The first-order valence-electron chi connectivity index (χ1n) is 12.7. The maximum Gasteiger partial charge on any atom is 0.264 e. The summed E-state index contributed by atoms with van der Waals surface area (Å²) in [6, 6.07) is 9.19. The molecule has 0 aliphatic carbocycles. The van der Waals surface area contributed by atoms with Crippen molar-refractivity contribution in [2.24, 2.45) is 0 Å². The molecule has 1 aliphatic heterocycles. The largest absolute Gasteiger partial charge is 0.494 e. The third-order valence-electron chi connectivity index (χ3n) is 6.69. The zero-order valence-electron chi connectivity index (χ0n) is 22.2. The van der Waals surface area contributed by atoms with Crippen LogP contribution in [0.15, 0.2) is 53.4 Å². The number of anilines is 2. The predicted octanol–water partition coefficient (Wildman–Crippen LogP) is 4.74. The van der Waals surface area contributed by atoms with Gasteiger partial charge in [0.25, 0.3) is 10.0 Å². The van der Waals surface area contributed by atoms with Crippen molar-refractivity contribution in [3.8, 4) is 16.9 Å². The normalized spacial score (nSPS) is 14.4. The third-order valence-corrected chi connectivity index (χ3v) is 8.09. The summed E-state index contributed by atoms with van der Waals surface area (Å²) in [4.78, 5) is 10.4. The molecule has 14 heteroatoms. The first-order chi connectivity index (χ1) is 20.2. The van der Waals surface area contributed by atoms with Crippen molar-refractivity contribution in [3.05, 3.63) is 71.8 Å². The first kappa shape index (κ1) is 29.0. The summed E-state index contributed by atoms with van der Waals surface area (Å²) in [7, 11) is -3.19. The number of aromatic nitrogens is 2. The molecule has 0 saturated carbocycles. The minimum atomic E-state index is -4.60. The van der Waals surface area contributed by atoms with Crippen molar-refractivity contribution in [1.82, 2.24) is 9.97 Å². The van der Waals surface area contributed by atoms with Gasteiger partial charge in [0.05, 0.1) is 31.9 Å². The molecule has 5 rings (SSSR count). The first-order valence-corrected chi connectivity index (χ1v) is 14.2. The highest BCUT2D eigenvalue weighted by Crippen LogP contribution is 2.38. The molecule has 0 amide bonds. The molecule has 0 atom stereocenters. The standard InChI is InChI=1S/C28H25F3N6O4S/c1-40-23-12-16(11-20-26(23)34-27(17(14-32)15-33)35-28(20)37-7-9-41-10-8-37)19-3-2-4-22(25(19)31)36-42(38,39)24-6-5-18(29)13-21(24)30/h2-6,11-15,17,32-33,36H,7-10H2,1H3. The van der Waals surface area contributed by atoms with Crippen LogP contribution in [0.4, 0.5) is 24.7 Å². The lowest BCUT2D eigenvalue weighted by Gasteiger charge is -2.29. The molecule has 1 saturated heterocycles. The lowest BCUT2D eigenvalue weighted by molar-refractivity contribution is 0.122. The van der Waals surface area contributed by atoms with E-state index in [1.165, 1.54) is 31.4 Å². The number of ether oxygens (including phenoxy) is 2. The number of rotatable bonds is 9. The molecule has 2 heterocycles. The van der Waals surface area contributed by atoms with Gasteiger partial charge in [-0.25, -0.2) is 31.6 Å². The molecule has 3 N–H and O–H groups in total. The molecule has 10 nitrogen and oxygen atoms in total. The smallest absolute Gasteiger partial charge is 0.264 e. The van der Waals surface area contributed by atoms with E-state index in [9.17, 15) is 17.2 Å². The number of methoxy groups -OCH3 is 1. The maximum atomic E-state index is 15.9. The predicted molar refractivity (Wildman–Crippen MR) is 152 cm³/mol. The number of hydrogen-bond donors (Lipinski definition) is 3. The van der Waals surface area contributed by atoms with Crippen molar-refractivity contribution in [2.45, 2.75) is 10.8 Å². The molecular formula is C28H25F3N6O4S. The van der Waals surface area contributed by atoms with E-state index in [1.807, 2.05) is 9.62 Å². The molecule has 42 heavy (non-hydrogen) atoms. The molecule has 1 fully saturated rings. The quantitative estimate of drug-likeness (QED) is 0.236. The van der Waals surface area contributed by atoms with Crippen molar-refractivity contribution >= 4 is 44.9 Å². The van der Waals surface area contributed by atoms with Gasteiger partial charge in [-0.15, -0.1) is 0 Å². The van der Waals surface area contributed by atoms with Crippen molar-refractivity contribution < 1.29 is 31.1 Å². The molecule has 0 spiro atoms. The average molecular weight is 599 g/mol. The second-order valence-corrected chi connectivity index (χ2v) is 10.9. The van der Waals surface area contributed by atoms with Crippen LogP contribution in [0.3, 0.4) is 0 Å². The molecule has 218 valence electrons. The van der Waals surface area contributed by atoms with E-state index in [0.717, 1.165) is 24.6 Å². The highest BCUT2D eigenvalue weighted by atomic mass is 32.2. The lowest BCUT2D eigenvalue weighted by Crippen LogP contribution is -2.37. The Hall–Kier alpha value is -4.56. The van der Waals surface area contributed by atoms with Gasteiger partial charge in [-0.05, 0) is 35.9 Å². The van der Waals surface area contributed by atoms with Crippen LogP contribution in [-0.2, 0) is 14.8 Å². The zero-order chi connectivity index (χ0) is 30.0. The summed E-state index contributed by atoms with van der Waals surface area (Å²) in [5.74, 6) is -3.03. The van der Waals surface area contributed by atoms with Crippen LogP contribution in [0, 0.1) is 28.3 Å². The van der Waals surface area contributed by atoms with E-state index in [0.29, 0.717) is 54.7 Å².